The Morgan fingerprint density at radius 2 is 1.58 bits per heavy atom. The van der Waals surface area contributed by atoms with E-state index < -0.39 is 22.8 Å². The average Bonchev–Trinajstić information content (AvgIpc) is 3.14. The van der Waals surface area contributed by atoms with Crippen molar-refractivity contribution in [2.45, 2.75) is 12.5 Å². The number of ether oxygens (including phenoxy) is 1. The lowest BCUT2D eigenvalue weighted by atomic mass is 10.0. The fraction of sp³-hybridized carbons (Fsp3) is 0.0870. The first-order chi connectivity index (χ1) is 15.0. The maximum Gasteiger partial charge on any atom is 0.219 e. The van der Waals surface area contributed by atoms with E-state index in [2.05, 4.69) is 4.72 Å². The highest BCUT2D eigenvalue weighted by Crippen LogP contribution is 2.31. The quantitative estimate of drug-likeness (QED) is 0.369. The van der Waals surface area contributed by atoms with E-state index >= 15 is 0 Å². The van der Waals surface area contributed by atoms with Crippen LogP contribution >= 0.6 is 0 Å². The monoisotopic (exact) mass is 435 g/mol. The molecule has 1 unspecified atom stereocenters. The number of benzene rings is 3. The van der Waals surface area contributed by atoms with Crippen LogP contribution in [-0.2, 0) is 15.7 Å². The van der Waals surface area contributed by atoms with Crippen molar-refractivity contribution >= 4 is 27.7 Å². The molecule has 0 aliphatic carbocycles. The van der Waals surface area contributed by atoms with Gasteiger partial charge in [-0.1, -0.05) is 36.4 Å². The first-order valence-corrected chi connectivity index (χ1v) is 10.8. The zero-order valence-electron chi connectivity index (χ0n) is 16.5. The predicted molar refractivity (Wildman–Crippen MR) is 120 cm³/mol. The molecule has 0 bridgehead atoms. The molecule has 4 aromatic rings. The van der Waals surface area contributed by atoms with E-state index in [0.29, 0.717) is 11.3 Å². The van der Waals surface area contributed by atoms with Gasteiger partial charge in [-0.15, -0.1) is 0 Å². The first-order valence-electron chi connectivity index (χ1n) is 9.63. The highest BCUT2D eigenvalue weighted by atomic mass is 32.2. The Bertz CT molecular complexity index is 1270. The van der Waals surface area contributed by atoms with Crippen LogP contribution in [0.15, 0.2) is 85.1 Å². The van der Waals surface area contributed by atoms with Crippen molar-refractivity contribution in [1.29, 1.82) is 0 Å². The number of rotatable bonds is 8. The molecule has 1 aromatic heterocycles. The largest absolute Gasteiger partial charge is 0.457 e. The van der Waals surface area contributed by atoms with E-state index in [-0.39, 0.29) is 6.42 Å². The molecule has 1 amide bonds. The number of hydrogen-bond donors (Lipinski definition) is 3. The number of carbonyl (C=O) groups is 1. The van der Waals surface area contributed by atoms with E-state index in [1.807, 2.05) is 89.6 Å². The molecule has 0 fully saturated rings. The van der Waals surface area contributed by atoms with Crippen molar-refractivity contribution in [3.63, 3.8) is 0 Å². The van der Waals surface area contributed by atoms with Gasteiger partial charge in [-0.05, 0) is 48.0 Å². The van der Waals surface area contributed by atoms with Crippen LogP contribution in [-0.4, -0.2) is 18.9 Å². The Morgan fingerprint density at radius 1 is 0.935 bits per heavy atom. The molecule has 0 saturated carbocycles. The molecular weight excluding hydrogens is 414 g/mol. The number of carbonyl (C=O) groups excluding carboxylic acids is 1. The van der Waals surface area contributed by atoms with Gasteiger partial charge in [0.2, 0.25) is 16.8 Å². The highest BCUT2D eigenvalue weighted by Gasteiger charge is 2.21. The summed E-state index contributed by atoms with van der Waals surface area (Å²) >= 11 is 0. The standard InChI is InChI=1S/C23H21N3O4S/c24-23(27)14-21(25-31(28)29)20-15-26(22-9-5-4-8-19(20)22)16-10-12-18(13-11-16)30-17-6-2-1-3-7-17/h1-13,15,21,31H,14H2,(H2,24,27)(H,25,28,29). The molecule has 1 heterocycles. The minimum atomic E-state index is -2.91. The van der Waals surface area contributed by atoms with Gasteiger partial charge in [-0.25, -0.2) is 13.1 Å². The molecule has 0 spiro atoms. The number of nitrogens with two attached hydrogens (primary N) is 1. The van der Waals surface area contributed by atoms with Crippen LogP contribution in [0.4, 0.5) is 0 Å². The van der Waals surface area contributed by atoms with E-state index in [1.54, 1.807) is 0 Å². The third-order valence-corrected chi connectivity index (χ3v) is 5.40. The van der Waals surface area contributed by atoms with Crippen molar-refractivity contribution in [1.82, 2.24) is 9.29 Å². The summed E-state index contributed by atoms with van der Waals surface area (Å²) in [7, 11) is -2.91. The second kappa shape index (κ2) is 9.03. The van der Waals surface area contributed by atoms with Gasteiger partial charge in [0.25, 0.3) is 0 Å². The van der Waals surface area contributed by atoms with Gasteiger partial charge in [0, 0.05) is 23.7 Å². The predicted octanol–water partition coefficient (Wildman–Crippen LogP) is 3.46. The zero-order chi connectivity index (χ0) is 21.8. The lowest BCUT2D eigenvalue weighted by molar-refractivity contribution is -0.118. The van der Waals surface area contributed by atoms with Crippen LogP contribution < -0.4 is 15.2 Å². The SMILES string of the molecule is NC(=O)CC(N[SH](=O)=O)c1cn(-c2ccc(Oc3ccccc3)cc2)c2ccccc12. The summed E-state index contributed by atoms with van der Waals surface area (Å²) in [5.74, 6) is 0.855. The van der Waals surface area contributed by atoms with Crippen molar-refractivity contribution in [2.24, 2.45) is 5.73 Å². The van der Waals surface area contributed by atoms with Gasteiger partial charge < -0.3 is 15.0 Å². The van der Waals surface area contributed by atoms with Crippen LogP contribution in [0.1, 0.15) is 18.0 Å². The number of thiol groups is 1. The summed E-state index contributed by atoms with van der Waals surface area (Å²) in [6.45, 7) is 0. The topological polar surface area (TPSA) is 103 Å². The Balaban J connectivity index is 1.72. The Morgan fingerprint density at radius 3 is 2.26 bits per heavy atom. The van der Waals surface area contributed by atoms with Gasteiger partial charge in [0.15, 0.2) is 0 Å². The second-order valence-corrected chi connectivity index (χ2v) is 7.76. The zero-order valence-corrected chi connectivity index (χ0v) is 17.4. The molecule has 4 rings (SSSR count). The number of nitrogens with one attached hydrogen (secondary N) is 1. The van der Waals surface area contributed by atoms with Crippen molar-refractivity contribution < 1.29 is 17.9 Å². The van der Waals surface area contributed by atoms with Crippen molar-refractivity contribution in [3.8, 4) is 17.2 Å². The maximum atomic E-state index is 11.5. The summed E-state index contributed by atoms with van der Waals surface area (Å²) < 4.78 is 32.9. The number of para-hydroxylation sites is 2. The van der Waals surface area contributed by atoms with Gasteiger partial charge in [0.1, 0.15) is 11.5 Å². The van der Waals surface area contributed by atoms with Gasteiger partial charge in [-0.2, -0.15) is 0 Å². The lowest BCUT2D eigenvalue weighted by Gasteiger charge is -2.12. The molecule has 0 saturated heterocycles. The average molecular weight is 436 g/mol. The summed E-state index contributed by atoms with van der Waals surface area (Å²) in [5, 5.41) is 0.836. The van der Waals surface area contributed by atoms with Crippen LogP contribution in [0, 0.1) is 0 Å². The number of primary amides is 1. The molecule has 0 radical (unpaired) electrons. The minimum Gasteiger partial charge on any atom is -0.457 e. The third kappa shape index (κ3) is 4.76. The summed E-state index contributed by atoms with van der Waals surface area (Å²) in [4.78, 5) is 11.5. The molecule has 158 valence electrons. The van der Waals surface area contributed by atoms with Crippen LogP contribution in [0.2, 0.25) is 0 Å². The van der Waals surface area contributed by atoms with Gasteiger partial charge >= 0.3 is 0 Å². The molecule has 0 aliphatic heterocycles. The second-order valence-electron chi connectivity index (χ2n) is 6.99. The Kier molecular flexibility index (Phi) is 6.01. The number of fused-ring (bicyclic) bond motifs is 1. The molecule has 1 atom stereocenters. The molecular formula is C23H21N3O4S. The molecule has 3 aromatic carbocycles. The highest BCUT2D eigenvalue weighted by molar-refractivity contribution is 7.70. The Labute approximate surface area is 181 Å². The van der Waals surface area contributed by atoms with E-state index in [0.717, 1.165) is 22.3 Å². The van der Waals surface area contributed by atoms with Crippen LogP contribution in [0.5, 0.6) is 11.5 Å². The maximum absolute atomic E-state index is 11.5. The number of nitrogens with zero attached hydrogens (tertiary/aromatic N) is 1. The molecule has 31 heavy (non-hydrogen) atoms. The minimum absolute atomic E-state index is 0.138. The van der Waals surface area contributed by atoms with Crippen molar-refractivity contribution in [2.75, 3.05) is 0 Å². The molecule has 3 N–H and O–H groups in total. The van der Waals surface area contributed by atoms with Gasteiger partial charge in [-0.3, -0.25) is 4.79 Å². The fourth-order valence-corrected chi connectivity index (χ4v) is 4.04. The molecule has 7 nitrogen and oxygen atoms in total. The van der Waals surface area contributed by atoms with Crippen LogP contribution in [0.3, 0.4) is 0 Å². The lowest BCUT2D eigenvalue weighted by Crippen LogP contribution is -2.25. The van der Waals surface area contributed by atoms with E-state index in [4.69, 9.17) is 10.5 Å². The van der Waals surface area contributed by atoms with Crippen molar-refractivity contribution in [3.05, 3.63) is 90.6 Å². The number of aromatic nitrogens is 1. The third-order valence-electron chi connectivity index (χ3n) is 4.88. The Hall–Kier alpha value is -3.62. The first kappa shape index (κ1) is 20.6. The normalized spacial score (nSPS) is 12.2. The summed E-state index contributed by atoms with van der Waals surface area (Å²) in [6.07, 6.45) is 1.69. The van der Waals surface area contributed by atoms with E-state index in [1.165, 1.54) is 0 Å². The van der Waals surface area contributed by atoms with Crippen LogP contribution in [0.25, 0.3) is 16.6 Å². The number of amides is 1. The molecule has 0 aliphatic rings. The molecule has 8 heteroatoms. The fourth-order valence-electron chi connectivity index (χ4n) is 3.55. The number of hydrogen-bond acceptors (Lipinski definition) is 4. The van der Waals surface area contributed by atoms with E-state index in [9.17, 15) is 13.2 Å². The summed E-state index contributed by atoms with van der Waals surface area (Å²) in [6, 6.07) is 23.9. The summed E-state index contributed by atoms with van der Waals surface area (Å²) in [5.41, 5.74) is 7.78. The smallest absolute Gasteiger partial charge is 0.219 e. The van der Waals surface area contributed by atoms with Gasteiger partial charge in [0.05, 0.1) is 11.6 Å².